The van der Waals surface area contributed by atoms with E-state index >= 15 is 0 Å². The van der Waals surface area contributed by atoms with Crippen LogP contribution in [0, 0.1) is 13.8 Å². The maximum Gasteiger partial charge on any atom is 0.336 e. The maximum atomic E-state index is 12.3. The van der Waals surface area contributed by atoms with Crippen LogP contribution in [-0.4, -0.2) is 16.9 Å². The predicted octanol–water partition coefficient (Wildman–Crippen LogP) is 3.29. The van der Waals surface area contributed by atoms with Gasteiger partial charge in [0.1, 0.15) is 0 Å². The zero-order chi connectivity index (χ0) is 13.3. The second kappa shape index (κ2) is 4.74. The zero-order valence-electron chi connectivity index (χ0n) is 10.1. The van der Waals surface area contributed by atoms with Crippen LogP contribution in [0.15, 0.2) is 30.3 Å². The van der Waals surface area contributed by atoms with Crippen molar-refractivity contribution in [2.24, 2.45) is 0 Å². The summed E-state index contributed by atoms with van der Waals surface area (Å²) in [7, 11) is 0. The fraction of sp³-hybridized carbons (Fsp3) is 0.143. The van der Waals surface area contributed by atoms with E-state index < -0.39 is 5.97 Å². The molecular formula is C14H12O3S. The number of ketones is 1. The quantitative estimate of drug-likeness (QED) is 0.861. The fourth-order valence-electron chi connectivity index (χ4n) is 1.87. The van der Waals surface area contributed by atoms with E-state index in [0.29, 0.717) is 5.56 Å². The van der Waals surface area contributed by atoms with Crippen molar-refractivity contribution in [3.8, 4) is 0 Å². The minimum atomic E-state index is -1.08. The van der Waals surface area contributed by atoms with E-state index in [2.05, 4.69) is 0 Å². The first kappa shape index (κ1) is 12.5. The SMILES string of the molecule is Cc1cc(C(=O)c2ccccc2C(=O)O)c(C)s1. The molecule has 0 atom stereocenters. The second-order valence-corrected chi connectivity index (χ2v) is 5.47. The number of carbonyl (C=O) groups is 2. The molecule has 1 aromatic carbocycles. The van der Waals surface area contributed by atoms with Gasteiger partial charge in [0, 0.05) is 20.9 Å². The van der Waals surface area contributed by atoms with Gasteiger partial charge in [0.15, 0.2) is 5.78 Å². The molecule has 0 aliphatic heterocycles. The number of carboxylic acid groups (broad SMARTS) is 1. The molecule has 1 aromatic heterocycles. The highest BCUT2D eigenvalue weighted by molar-refractivity contribution is 7.12. The number of rotatable bonds is 3. The number of hydrogen-bond acceptors (Lipinski definition) is 3. The summed E-state index contributed by atoms with van der Waals surface area (Å²) >= 11 is 1.54. The van der Waals surface area contributed by atoms with E-state index in [9.17, 15) is 9.59 Å². The lowest BCUT2D eigenvalue weighted by atomic mass is 9.99. The normalized spacial score (nSPS) is 10.3. The Balaban J connectivity index is 2.53. The summed E-state index contributed by atoms with van der Waals surface area (Å²) in [6.45, 7) is 3.80. The Morgan fingerprint density at radius 2 is 1.67 bits per heavy atom. The topological polar surface area (TPSA) is 54.4 Å². The largest absolute Gasteiger partial charge is 0.478 e. The molecule has 0 saturated heterocycles. The Hall–Kier alpha value is -1.94. The third-order valence-corrected chi connectivity index (χ3v) is 3.65. The zero-order valence-corrected chi connectivity index (χ0v) is 10.9. The Labute approximate surface area is 109 Å². The summed E-state index contributed by atoms with van der Waals surface area (Å²) in [5, 5.41) is 9.09. The van der Waals surface area contributed by atoms with Gasteiger partial charge in [-0.2, -0.15) is 0 Å². The molecule has 0 spiro atoms. The number of hydrogen-bond donors (Lipinski definition) is 1. The molecule has 0 aliphatic rings. The van der Waals surface area contributed by atoms with Crippen LogP contribution in [0.3, 0.4) is 0 Å². The molecule has 2 aromatic rings. The van der Waals surface area contributed by atoms with Gasteiger partial charge in [-0.25, -0.2) is 4.79 Å². The third-order valence-electron chi connectivity index (χ3n) is 2.69. The van der Waals surface area contributed by atoms with Gasteiger partial charge in [0.05, 0.1) is 5.56 Å². The van der Waals surface area contributed by atoms with Crippen LogP contribution in [0.4, 0.5) is 0 Å². The molecule has 0 unspecified atom stereocenters. The van der Waals surface area contributed by atoms with Gasteiger partial charge in [-0.1, -0.05) is 18.2 Å². The van der Waals surface area contributed by atoms with E-state index in [0.717, 1.165) is 9.75 Å². The average molecular weight is 260 g/mol. The molecule has 92 valence electrons. The van der Waals surface area contributed by atoms with E-state index in [1.165, 1.54) is 17.4 Å². The molecule has 1 heterocycles. The Kier molecular flexibility index (Phi) is 3.30. The fourth-order valence-corrected chi connectivity index (χ4v) is 2.79. The maximum absolute atomic E-state index is 12.3. The van der Waals surface area contributed by atoms with Gasteiger partial charge >= 0.3 is 5.97 Å². The number of thiophene rings is 1. The van der Waals surface area contributed by atoms with E-state index in [-0.39, 0.29) is 16.9 Å². The summed E-state index contributed by atoms with van der Waals surface area (Å²) in [5.41, 5.74) is 0.878. The van der Waals surface area contributed by atoms with Gasteiger partial charge in [-0.3, -0.25) is 4.79 Å². The van der Waals surface area contributed by atoms with Crippen molar-refractivity contribution >= 4 is 23.1 Å². The first-order chi connectivity index (χ1) is 8.50. The van der Waals surface area contributed by atoms with Crippen LogP contribution >= 0.6 is 11.3 Å². The Morgan fingerprint density at radius 3 is 2.17 bits per heavy atom. The summed E-state index contributed by atoms with van der Waals surface area (Å²) in [5.74, 6) is -1.31. The average Bonchev–Trinajstić information content (AvgIpc) is 2.67. The lowest BCUT2D eigenvalue weighted by Crippen LogP contribution is -2.09. The molecule has 0 fully saturated rings. The Morgan fingerprint density at radius 1 is 1.06 bits per heavy atom. The van der Waals surface area contributed by atoms with Crippen molar-refractivity contribution in [2.75, 3.05) is 0 Å². The van der Waals surface area contributed by atoms with Crippen molar-refractivity contribution < 1.29 is 14.7 Å². The van der Waals surface area contributed by atoms with Crippen molar-refractivity contribution in [2.45, 2.75) is 13.8 Å². The molecule has 0 amide bonds. The molecule has 0 radical (unpaired) electrons. The van der Waals surface area contributed by atoms with Gasteiger partial charge < -0.3 is 5.11 Å². The minimum Gasteiger partial charge on any atom is -0.478 e. The predicted molar refractivity (Wildman–Crippen MR) is 70.6 cm³/mol. The van der Waals surface area contributed by atoms with Gasteiger partial charge in [-0.15, -0.1) is 11.3 Å². The minimum absolute atomic E-state index is 0.0470. The summed E-state index contributed by atoms with van der Waals surface area (Å²) in [6, 6.07) is 8.10. The summed E-state index contributed by atoms with van der Waals surface area (Å²) < 4.78 is 0. The van der Waals surface area contributed by atoms with Crippen LogP contribution in [0.1, 0.15) is 36.0 Å². The van der Waals surface area contributed by atoms with Crippen LogP contribution in [0.5, 0.6) is 0 Å². The molecule has 0 bridgehead atoms. The molecule has 0 saturated carbocycles. The second-order valence-electron chi connectivity index (χ2n) is 4.01. The summed E-state index contributed by atoms with van der Waals surface area (Å²) in [4.78, 5) is 25.4. The smallest absolute Gasteiger partial charge is 0.336 e. The lowest BCUT2D eigenvalue weighted by Gasteiger charge is -2.04. The highest BCUT2D eigenvalue weighted by Crippen LogP contribution is 2.24. The van der Waals surface area contributed by atoms with Crippen LogP contribution in [-0.2, 0) is 0 Å². The van der Waals surface area contributed by atoms with E-state index in [1.54, 1.807) is 24.3 Å². The molecule has 1 N–H and O–H groups in total. The number of aromatic carboxylic acids is 1. The van der Waals surface area contributed by atoms with Gasteiger partial charge in [-0.05, 0) is 26.0 Å². The standard InChI is InChI=1S/C14H12O3S/c1-8-7-12(9(2)18-8)13(15)10-5-3-4-6-11(10)14(16)17/h3-7H,1-2H3,(H,16,17). The van der Waals surface area contributed by atoms with E-state index in [4.69, 9.17) is 5.11 Å². The Bertz CT molecular complexity index is 626. The van der Waals surface area contributed by atoms with Crippen molar-refractivity contribution in [3.63, 3.8) is 0 Å². The van der Waals surface area contributed by atoms with Crippen molar-refractivity contribution in [1.82, 2.24) is 0 Å². The van der Waals surface area contributed by atoms with E-state index in [1.807, 2.05) is 13.8 Å². The highest BCUT2D eigenvalue weighted by Gasteiger charge is 2.19. The highest BCUT2D eigenvalue weighted by atomic mass is 32.1. The third kappa shape index (κ3) is 2.19. The number of carboxylic acids is 1. The van der Waals surface area contributed by atoms with Crippen LogP contribution < -0.4 is 0 Å². The molecular weight excluding hydrogens is 248 g/mol. The molecule has 0 aliphatic carbocycles. The van der Waals surface area contributed by atoms with Crippen molar-refractivity contribution in [1.29, 1.82) is 0 Å². The monoisotopic (exact) mass is 260 g/mol. The van der Waals surface area contributed by atoms with Crippen LogP contribution in [0.2, 0.25) is 0 Å². The number of aryl methyl sites for hydroxylation is 2. The van der Waals surface area contributed by atoms with Crippen molar-refractivity contribution in [3.05, 3.63) is 56.8 Å². The van der Waals surface area contributed by atoms with Crippen LogP contribution in [0.25, 0.3) is 0 Å². The van der Waals surface area contributed by atoms with Gasteiger partial charge in [0.2, 0.25) is 0 Å². The summed E-state index contributed by atoms with van der Waals surface area (Å²) in [6.07, 6.45) is 0. The first-order valence-corrected chi connectivity index (χ1v) is 6.26. The lowest BCUT2D eigenvalue weighted by molar-refractivity contribution is 0.0693. The molecule has 18 heavy (non-hydrogen) atoms. The first-order valence-electron chi connectivity index (χ1n) is 5.44. The molecule has 4 heteroatoms. The molecule has 2 rings (SSSR count). The number of benzene rings is 1. The number of carbonyl (C=O) groups excluding carboxylic acids is 1. The molecule has 3 nitrogen and oxygen atoms in total. The van der Waals surface area contributed by atoms with Gasteiger partial charge in [0.25, 0.3) is 0 Å².